The first-order valence-electron chi connectivity index (χ1n) is 12.8. The van der Waals surface area contributed by atoms with Crippen molar-refractivity contribution in [3.05, 3.63) is 76.9 Å². The Morgan fingerprint density at radius 1 is 1.05 bits per heavy atom. The van der Waals surface area contributed by atoms with Gasteiger partial charge in [-0.15, -0.1) is 0 Å². The molecule has 1 fully saturated rings. The molecule has 0 heterocycles. The number of hydrogen-bond acceptors (Lipinski definition) is 6. The van der Waals surface area contributed by atoms with Crippen LogP contribution in [0.3, 0.4) is 0 Å². The highest BCUT2D eigenvalue weighted by Gasteiger charge is 2.35. The van der Waals surface area contributed by atoms with Gasteiger partial charge in [0.2, 0.25) is 0 Å². The first-order valence-corrected chi connectivity index (χ1v) is 12.8. The number of aliphatic hydroxyl groups excluding tert-OH is 1. The standard InChI is InChI=1S/C26H37NO3.C4H4O4/c1-18-10-11-20(14-19(18)2)15-26(3,4)27-16-22(28)17-30-25(21-12-13-21)23-8-6-7-9-24(23)29-5;5-3(6)1-2-4(7)8/h6-11,14,21-22,25,27-28H,12-13,15-17H2,1-5H3;1-2H,(H,5,6)(H,7,8)/b;2-1+/t22-,25?;/m1./s1. The fraction of sp³-hybridized carbons (Fsp3) is 0.467. The molecule has 1 aliphatic carbocycles. The van der Waals surface area contributed by atoms with Crippen molar-refractivity contribution in [2.75, 3.05) is 20.3 Å². The second-order valence-corrected chi connectivity index (χ2v) is 10.4. The van der Waals surface area contributed by atoms with E-state index in [1.807, 2.05) is 18.2 Å². The van der Waals surface area contributed by atoms with Crippen molar-refractivity contribution in [2.45, 2.75) is 64.7 Å². The van der Waals surface area contributed by atoms with Crippen LogP contribution in [0.5, 0.6) is 5.75 Å². The van der Waals surface area contributed by atoms with Gasteiger partial charge in [0.1, 0.15) is 5.75 Å². The summed E-state index contributed by atoms with van der Waals surface area (Å²) < 4.78 is 11.7. The Hall–Kier alpha value is -3.20. The van der Waals surface area contributed by atoms with Crippen LogP contribution >= 0.6 is 0 Å². The average molecular weight is 528 g/mol. The number of aliphatic carboxylic acids is 2. The second kappa shape index (κ2) is 14.7. The summed E-state index contributed by atoms with van der Waals surface area (Å²) in [7, 11) is 1.69. The van der Waals surface area contributed by atoms with E-state index < -0.39 is 18.0 Å². The van der Waals surface area contributed by atoms with E-state index in [1.165, 1.54) is 29.5 Å². The van der Waals surface area contributed by atoms with Crippen LogP contribution in [0.15, 0.2) is 54.6 Å². The minimum absolute atomic E-state index is 0.0145. The fourth-order valence-electron chi connectivity index (χ4n) is 4.08. The zero-order valence-corrected chi connectivity index (χ0v) is 22.9. The van der Waals surface area contributed by atoms with Gasteiger partial charge in [-0.1, -0.05) is 36.4 Å². The highest BCUT2D eigenvalue weighted by Crippen LogP contribution is 2.45. The van der Waals surface area contributed by atoms with E-state index >= 15 is 0 Å². The predicted molar refractivity (Wildman–Crippen MR) is 147 cm³/mol. The molecular weight excluding hydrogens is 486 g/mol. The normalized spacial score (nSPS) is 14.9. The Labute approximate surface area is 225 Å². The largest absolute Gasteiger partial charge is 0.496 e. The van der Waals surface area contributed by atoms with E-state index in [0.717, 1.165) is 17.7 Å². The SMILES string of the molecule is COc1ccccc1C(OC[C@H](O)CNC(C)(C)Cc1ccc(C)c(C)c1)C1CC1.O=C(O)/C=C/C(=O)O. The molecule has 0 saturated heterocycles. The number of rotatable bonds is 13. The van der Waals surface area contributed by atoms with Crippen molar-refractivity contribution >= 4 is 11.9 Å². The van der Waals surface area contributed by atoms with Crippen LogP contribution in [-0.4, -0.2) is 59.2 Å². The number of aryl methyl sites for hydroxylation is 2. The number of carboxylic acid groups (broad SMARTS) is 2. The Morgan fingerprint density at radius 2 is 1.68 bits per heavy atom. The smallest absolute Gasteiger partial charge is 0.328 e. The maximum atomic E-state index is 10.6. The topological polar surface area (TPSA) is 125 Å². The van der Waals surface area contributed by atoms with E-state index in [1.54, 1.807) is 7.11 Å². The van der Waals surface area contributed by atoms with E-state index in [-0.39, 0.29) is 11.6 Å². The van der Waals surface area contributed by atoms with Gasteiger partial charge in [0.15, 0.2) is 0 Å². The van der Waals surface area contributed by atoms with Gasteiger partial charge in [-0.2, -0.15) is 0 Å². The van der Waals surface area contributed by atoms with Crippen molar-refractivity contribution in [3.8, 4) is 5.75 Å². The first kappa shape index (κ1) is 31.0. The Bertz CT molecular complexity index is 1080. The number of carboxylic acids is 2. The number of carbonyl (C=O) groups is 2. The third-order valence-corrected chi connectivity index (χ3v) is 6.37. The number of ether oxygens (including phenoxy) is 2. The van der Waals surface area contributed by atoms with Crippen molar-refractivity contribution < 1.29 is 34.4 Å². The van der Waals surface area contributed by atoms with E-state index in [2.05, 4.69) is 57.3 Å². The second-order valence-electron chi connectivity index (χ2n) is 10.4. The molecule has 0 bridgehead atoms. The van der Waals surface area contributed by atoms with Crippen LogP contribution in [0.2, 0.25) is 0 Å². The van der Waals surface area contributed by atoms with Crippen LogP contribution in [0.25, 0.3) is 0 Å². The molecule has 208 valence electrons. The summed E-state index contributed by atoms with van der Waals surface area (Å²) in [6, 6.07) is 14.7. The summed E-state index contributed by atoms with van der Waals surface area (Å²) in [4.78, 5) is 19.1. The third-order valence-electron chi connectivity index (χ3n) is 6.37. The molecule has 3 rings (SSSR count). The van der Waals surface area contributed by atoms with Crippen LogP contribution in [0.4, 0.5) is 0 Å². The van der Waals surface area contributed by atoms with Gasteiger partial charge >= 0.3 is 11.9 Å². The molecular formula is C30H41NO7. The highest BCUT2D eigenvalue weighted by molar-refractivity contribution is 5.89. The van der Waals surface area contributed by atoms with Crippen LogP contribution in [0.1, 0.15) is 55.0 Å². The summed E-state index contributed by atoms with van der Waals surface area (Å²) in [5.74, 6) is -1.14. The quantitative estimate of drug-likeness (QED) is 0.281. The van der Waals surface area contributed by atoms with Crippen molar-refractivity contribution in [3.63, 3.8) is 0 Å². The Morgan fingerprint density at radius 3 is 2.24 bits per heavy atom. The molecule has 1 unspecified atom stereocenters. The molecule has 8 heteroatoms. The van der Waals surface area contributed by atoms with Gasteiger partial charge in [-0.3, -0.25) is 0 Å². The lowest BCUT2D eigenvalue weighted by atomic mass is 9.93. The summed E-state index contributed by atoms with van der Waals surface area (Å²) >= 11 is 0. The minimum atomic E-state index is -1.26. The van der Waals surface area contributed by atoms with Crippen LogP contribution in [0, 0.1) is 19.8 Å². The third kappa shape index (κ3) is 11.0. The van der Waals surface area contributed by atoms with Gasteiger partial charge in [0, 0.05) is 29.8 Å². The first-order chi connectivity index (χ1) is 17.9. The summed E-state index contributed by atoms with van der Waals surface area (Å²) in [6.45, 7) is 9.46. The molecule has 1 aliphatic rings. The van der Waals surface area contributed by atoms with E-state index in [4.69, 9.17) is 19.7 Å². The molecule has 8 nitrogen and oxygen atoms in total. The molecule has 2 atom stereocenters. The molecule has 4 N–H and O–H groups in total. The monoisotopic (exact) mass is 527 g/mol. The van der Waals surface area contributed by atoms with E-state index in [0.29, 0.717) is 31.2 Å². The molecule has 0 radical (unpaired) electrons. The molecule has 0 amide bonds. The average Bonchev–Trinajstić information content (AvgIpc) is 3.70. The summed E-state index contributed by atoms with van der Waals surface area (Å²) in [5, 5.41) is 29.7. The Kier molecular flexibility index (Phi) is 12.0. The Balaban J connectivity index is 0.000000550. The molecule has 2 aromatic rings. The summed E-state index contributed by atoms with van der Waals surface area (Å²) in [6.07, 6.45) is 3.79. The molecule has 38 heavy (non-hydrogen) atoms. The van der Waals surface area contributed by atoms with Crippen molar-refractivity contribution in [2.24, 2.45) is 5.92 Å². The van der Waals surface area contributed by atoms with Crippen LogP contribution < -0.4 is 10.1 Å². The van der Waals surface area contributed by atoms with Gasteiger partial charge in [0.05, 0.1) is 25.9 Å². The number of benzene rings is 2. The highest BCUT2D eigenvalue weighted by atomic mass is 16.5. The molecule has 0 aromatic heterocycles. The van der Waals surface area contributed by atoms with Crippen LogP contribution in [-0.2, 0) is 20.7 Å². The maximum Gasteiger partial charge on any atom is 0.328 e. The van der Waals surface area contributed by atoms with E-state index in [9.17, 15) is 14.7 Å². The number of nitrogens with one attached hydrogen (secondary N) is 1. The minimum Gasteiger partial charge on any atom is -0.496 e. The van der Waals surface area contributed by atoms with Gasteiger partial charge < -0.3 is 30.1 Å². The number of β-amino-alcohol motifs (C(OH)–C–C–N with tert-alkyl or cyclic N) is 1. The maximum absolute atomic E-state index is 10.6. The zero-order chi connectivity index (χ0) is 28.3. The van der Waals surface area contributed by atoms with Crippen molar-refractivity contribution in [1.29, 1.82) is 0 Å². The lowest BCUT2D eigenvalue weighted by Crippen LogP contribution is -2.46. The lowest BCUT2D eigenvalue weighted by molar-refractivity contribution is -0.134. The van der Waals surface area contributed by atoms with Crippen molar-refractivity contribution in [1.82, 2.24) is 5.32 Å². The van der Waals surface area contributed by atoms with Gasteiger partial charge in [0.25, 0.3) is 0 Å². The molecule has 2 aromatic carbocycles. The predicted octanol–water partition coefficient (Wildman–Crippen LogP) is 4.46. The molecule has 0 spiro atoms. The van der Waals surface area contributed by atoms with Gasteiger partial charge in [-0.25, -0.2) is 9.59 Å². The summed E-state index contributed by atoms with van der Waals surface area (Å²) in [5.41, 5.74) is 4.92. The lowest BCUT2D eigenvalue weighted by Gasteiger charge is -2.29. The molecule has 0 aliphatic heterocycles. The number of methoxy groups -OCH3 is 1. The fourth-order valence-corrected chi connectivity index (χ4v) is 4.08. The molecule has 1 saturated carbocycles. The number of para-hydroxylation sites is 1. The number of hydrogen-bond donors (Lipinski definition) is 4. The zero-order valence-electron chi connectivity index (χ0n) is 22.9. The van der Waals surface area contributed by atoms with Gasteiger partial charge in [-0.05, 0) is 75.6 Å². The number of aliphatic hydroxyl groups is 1.